The average Bonchev–Trinajstić information content (AvgIpc) is 2.44. The Morgan fingerprint density at radius 1 is 1.24 bits per heavy atom. The molecule has 2 amide bonds. The Labute approximate surface area is 122 Å². The average molecular weight is 294 g/mol. The van der Waals surface area contributed by atoms with E-state index < -0.39 is 24.0 Å². The molecule has 0 bridgehead atoms. The Balaban J connectivity index is 2.57. The molecule has 7 nitrogen and oxygen atoms in total. The molecule has 0 heterocycles. The summed E-state index contributed by atoms with van der Waals surface area (Å²) < 4.78 is 4.49. The zero-order valence-corrected chi connectivity index (χ0v) is 11.9. The van der Waals surface area contributed by atoms with E-state index in [-0.39, 0.29) is 13.0 Å². The number of esters is 1. The number of nitrogens with one attached hydrogen (secondary N) is 2. The van der Waals surface area contributed by atoms with E-state index in [0.717, 1.165) is 0 Å². The fraction of sp³-hybridized carbons (Fsp3) is 0.357. The Kier molecular flexibility index (Phi) is 6.19. The van der Waals surface area contributed by atoms with E-state index in [4.69, 9.17) is 5.11 Å². The highest BCUT2D eigenvalue weighted by atomic mass is 16.5. The number of carboxylic acid groups (broad SMARTS) is 1. The van der Waals surface area contributed by atoms with Gasteiger partial charge in [-0.15, -0.1) is 0 Å². The molecule has 0 aliphatic heterocycles. The van der Waals surface area contributed by atoms with Crippen molar-refractivity contribution in [1.82, 2.24) is 10.6 Å². The van der Waals surface area contributed by atoms with Gasteiger partial charge >= 0.3 is 18.0 Å². The maximum atomic E-state index is 11.6. The van der Waals surface area contributed by atoms with E-state index in [1.807, 2.05) is 0 Å². The largest absolute Gasteiger partial charge is 0.481 e. The first-order chi connectivity index (χ1) is 9.93. The molecule has 0 saturated heterocycles. The zero-order valence-electron chi connectivity index (χ0n) is 11.9. The monoisotopic (exact) mass is 294 g/mol. The number of rotatable bonds is 6. The maximum Gasteiger partial charge on any atom is 0.328 e. The van der Waals surface area contributed by atoms with Crippen LogP contribution in [0.4, 0.5) is 4.79 Å². The third-order valence-electron chi connectivity index (χ3n) is 2.80. The van der Waals surface area contributed by atoms with Crippen LogP contribution in [0.5, 0.6) is 0 Å². The maximum absolute atomic E-state index is 11.6. The molecule has 0 saturated carbocycles. The molecule has 7 heteroatoms. The number of carbonyl (C=O) groups excluding carboxylic acids is 2. The third-order valence-corrected chi connectivity index (χ3v) is 2.80. The van der Waals surface area contributed by atoms with Crippen LogP contribution >= 0.6 is 0 Å². The molecule has 1 aromatic rings. The quantitative estimate of drug-likeness (QED) is 0.669. The molecule has 114 valence electrons. The van der Waals surface area contributed by atoms with Crippen molar-refractivity contribution in [3.8, 4) is 0 Å². The number of carboxylic acids is 1. The highest BCUT2D eigenvalue weighted by Gasteiger charge is 2.15. The standard InChI is InChI=1S/C14H18N2O5/c1-9(13(19)21-2)16-14(20)15-8-11-6-4-3-5-10(11)7-12(17)18/h3-6,9H,7-8H2,1-2H3,(H,17,18)(H2,15,16,20). The predicted molar refractivity (Wildman–Crippen MR) is 74.6 cm³/mol. The van der Waals surface area contributed by atoms with Gasteiger partial charge in [-0.3, -0.25) is 4.79 Å². The van der Waals surface area contributed by atoms with Crippen LogP contribution in [0.25, 0.3) is 0 Å². The summed E-state index contributed by atoms with van der Waals surface area (Å²) in [6.45, 7) is 1.67. The highest BCUT2D eigenvalue weighted by Crippen LogP contribution is 2.09. The molecule has 0 radical (unpaired) electrons. The van der Waals surface area contributed by atoms with Crippen molar-refractivity contribution < 1.29 is 24.2 Å². The van der Waals surface area contributed by atoms with Crippen LogP contribution in [-0.2, 0) is 27.3 Å². The van der Waals surface area contributed by atoms with E-state index in [1.54, 1.807) is 24.3 Å². The lowest BCUT2D eigenvalue weighted by molar-refractivity contribution is -0.142. The second kappa shape index (κ2) is 7.88. The Bertz CT molecular complexity index is 530. The molecule has 1 aromatic carbocycles. The van der Waals surface area contributed by atoms with Gasteiger partial charge in [0.2, 0.25) is 0 Å². The summed E-state index contributed by atoms with van der Waals surface area (Å²) in [6, 6.07) is 5.64. The van der Waals surface area contributed by atoms with Crippen LogP contribution in [0.15, 0.2) is 24.3 Å². The fourth-order valence-electron chi connectivity index (χ4n) is 1.72. The van der Waals surface area contributed by atoms with Gasteiger partial charge in [-0.1, -0.05) is 24.3 Å². The molecule has 3 N–H and O–H groups in total. The van der Waals surface area contributed by atoms with Gasteiger partial charge in [0.25, 0.3) is 0 Å². The SMILES string of the molecule is COC(=O)C(C)NC(=O)NCc1ccccc1CC(=O)O. The number of ether oxygens (including phenoxy) is 1. The first kappa shape index (κ1) is 16.5. The van der Waals surface area contributed by atoms with Gasteiger partial charge in [-0.05, 0) is 18.1 Å². The number of benzene rings is 1. The van der Waals surface area contributed by atoms with Gasteiger partial charge in [-0.25, -0.2) is 9.59 Å². The molecule has 0 spiro atoms. The molecular weight excluding hydrogens is 276 g/mol. The summed E-state index contributed by atoms with van der Waals surface area (Å²) in [4.78, 5) is 33.6. The van der Waals surface area contributed by atoms with Gasteiger partial charge in [0.15, 0.2) is 0 Å². The summed E-state index contributed by atoms with van der Waals surface area (Å²) in [5, 5.41) is 13.8. The van der Waals surface area contributed by atoms with E-state index >= 15 is 0 Å². The summed E-state index contributed by atoms with van der Waals surface area (Å²) >= 11 is 0. The Hall–Kier alpha value is -2.57. The number of carbonyl (C=O) groups is 3. The summed E-state index contributed by atoms with van der Waals surface area (Å²) in [6.07, 6.45) is -0.113. The lowest BCUT2D eigenvalue weighted by Gasteiger charge is -2.13. The number of hydrogen-bond acceptors (Lipinski definition) is 4. The number of amides is 2. The second-order valence-electron chi connectivity index (χ2n) is 4.41. The van der Waals surface area contributed by atoms with Crippen molar-refractivity contribution in [2.45, 2.75) is 25.9 Å². The Morgan fingerprint density at radius 3 is 2.43 bits per heavy atom. The van der Waals surface area contributed by atoms with Crippen LogP contribution in [-0.4, -0.2) is 36.2 Å². The number of urea groups is 1. The van der Waals surface area contributed by atoms with Gasteiger partial charge in [0, 0.05) is 6.54 Å². The van der Waals surface area contributed by atoms with Crippen molar-refractivity contribution in [1.29, 1.82) is 0 Å². The third kappa shape index (κ3) is 5.52. The minimum absolute atomic E-state index is 0.113. The van der Waals surface area contributed by atoms with Crippen molar-refractivity contribution in [3.63, 3.8) is 0 Å². The zero-order chi connectivity index (χ0) is 15.8. The molecule has 0 aromatic heterocycles. The summed E-state index contributed by atoms with van der Waals surface area (Å²) in [5.41, 5.74) is 1.34. The van der Waals surface area contributed by atoms with Gasteiger partial charge in [0.1, 0.15) is 6.04 Å². The normalized spacial score (nSPS) is 11.3. The van der Waals surface area contributed by atoms with Crippen molar-refractivity contribution >= 4 is 18.0 Å². The summed E-state index contributed by atoms with van der Waals surface area (Å²) in [5.74, 6) is -1.48. The molecule has 21 heavy (non-hydrogen) atoms. The number of hydrogen-bond donors (Lipinski definition) is 3. The fourth-order valence-corrected chi connectivity index (χ4v) is 1.72. The number of aliphatic carboxylic acids is 1. The van der Waals surface area contributed by atoms with Gasteiger partial charge in [-0.2, -0.15) is 0 Å². The number of methoxy groups -OCH3 is 1. The minimum Gasteiger partial charge on any atom is -0.481 e. The molecular formula is C14H18N2O5. The van der Waals surface area contributed by atoms with Crippen LogP contribution in [0, 0.1) is 0 Å². The molecule has 0 aliphatic rings. The minimum atomic E-state index is -0.939. The molecule has 0 fully saturated rings. The van der Waals surface area contributed by atoms with Crippen LogP contribution in [0.1, 0.15) is 18.1 Å². The molecule has 0 aliphatic carbocycles. The molecule has 1 unspecified atom stereocenters. The van der Waals surface area contributed by atoms with E-state index in [1.165, 1.54) is 14.0 Å². The lowest BCUT2D eigenvalue weighted by Crippen LogP contribution is -2.44. The van der Waals surface area contributed by atoms with Gasteiger partial charge < -0.3 is 20.5 Å². The molecule has 1 rings (SSSR count). The van der Waals surface area contributed by atoms with Crippen molar-refractivity contribution in [2.75, 3.05) is 7.11 Å². The van der Waals surface area contributed by atoms with Crippen LogP contribution in [0.2, 0.25) is 0 Å². The smallest absolute Gasteiger partial charge is 0.328 e. The van der Waals surface area contributed by atoms with E-state index in [2.05, 4.69) is 15.4 Å². The topological polar surface area (TPSA) is 105 Å². The predicted octanol–water partition coefficient (Wildman–Crippen LogP) is 0.674. The van der Waals surface area contributed by atoms with Crippen molar-refractivity contribution in [2.24, 2.45) is 0 Å². The highest BCUT2D eigenvalue weighted by molar-refractivity contribution is 5.83. The Morgan fingerprint density at radius 2 is 1.86 bits per heavy atom. The van der Waals surface area contributed by atoms with Crippen LogP contribution < -0.4 is 10.6 Å². The lowest BCUT2D eigenvalue weighted by atomic mass is 10.0. The van der Waals surface area contributed by atoms with Crippen molar-refractivity contribution in [3.05, 3.63) is 35.4 Å². The first-order valence-electron chi connectivity index (χ1n) is 6.34. The van der Waals surface area contributed by atoms with Gasteiger partial charge in [0.05, 0.1) is 13.5 Å². The summed E-state index contributed by atoms with van der Waals surface area (Å²) in [7, 11) is 1.24. The first-order valence-corrected chi connectivity index (χ1v) is 6.34. The van der Waals surface area contributed by atoms with Crippen LogP contribution in [0.3, 0.4) is 0 Å². The van der Waals surface area contributed by atoms with E-state index in [9.17, 15) is 14.4 Å². The molecule has 1 atom stereocenters. The van der Waals surface area contributed by atoms with E-state index in [0.29, 0.717) is 11.1 Å². The second-order valence-corrected chi connectivity index (χ2v) is 4.41.